The number of carbonyl (C=O) groups excluding carboxylic acids is 1. The molecule has 1 aliphatic heterocycles. The summed E-state index contributed by atoms with van der Waals surface area (Å²) in [6.07, 6.45) is 3.69. The first-order valence-corrected chi connectivity index (χ1v) is 9.16. The summed E-state index contributed by atoms with van der Waals surface area (Å²) in [5, 5.41) is 0. The summed E-state index contributed by atoms with van der Waals surface area (Å²) in [5.41, 5.74) is 1.00. The quantitative estimate of drug-likeness (QED) is 0.733. The molecule has 0 spiro atoms. The average Bonchev–Trinajstić information content (AvgIpc) is 2.72. The maximum absolute atomic E-state index is 12.5. The first kappa shape index (κ1) is 19.6. The maximum Gasteiger partial charge on any atom is 0.260 e. The van der Waals surface area contributed by atoms with E-state index in [9.17, 15) is 4.79 Å². The molecule has 2 aromatic rings. The van der Waals surface area contributed by atoms with Crippen molar-refractivity contribution in [1.29, 1.82) is 0 Å². The van der Waals surface area contributed by atoms with Crippen molar-refractivity contribution in [3.05, 3.63) is 54.1 Å². The number of hydrogen-bond acceptors (Lipinski definition) is 5. The second kappa shape index (κ2) is 9.17. The number of para-hydroxylation sites is 2. The molecule has 2 aromatic carbocycles. The van der Waals surface area contributed by atoms with Crippen molar-refractivity contribution in [2.24, 2.45) is 0 Å². The lowest BCUT2D eigenvalue weighted by Crippen LogP contribution is -2.43. The summed E-state index contributed by atoms with van der Waals surface area (Å²) in [4.78, 5) is 14.0. The largest absolute Gasteiger partial charge is 0.493 e. The van der Waals surface area contributed by atoms with E-state index in [4.69, 9.17) is 18.9 Å². The molecule has 1 amide bonds. The van der Waals surface area contributed by atoms with E-state index in [0.717, 1.165) is 11.3 Å². The second-order valence-electron chi connectivity index (χ2n) is 6.47. The molecule has 0 saturated carbocycles. The third-order valence-electron chi connectivity index (χ3n) is 4.37. The first-order valence-electron chi connectivity index (χ1n) is 9.16. The van der Waals surface area contributed by atoms with Crippen LogP contribution in [-0.4, -0.2) is 50.8 Å². The minimum atomic E-state index is -0.224. The van der Waals surface area contributed by atoms with E-state index in [1.807, 2.05) is 55.5 Å². The number of nitrogens with zero attached hydrogens (tertiary/aromatic N) is 1. The lowest BCUT2D eigenvalue weighted by Gasteiger charge is -2.29. The number of likely N-dealkylation sites (N-methyl/N-ethyl adjacent to an activating group) is 1. The Morgan fingerprint density at radius 1 is 1.21 bits per heavy atom. The molecule has 3 rings (SSSR count). The van der Waals surface area contributed by atoms with Crippen molar-refractivity contribution in [1.82, 2.24) is 4.90 Å². The van der Waals surface area contributed by atoms with Gasteiger partial charge >= 0.3 is 0 Å². The van der Waals surface area contributed by atoms with Gasteiger partial charge in [-0.3, -0.25) is 4.79 Å². The molecule has 1 atom stereocenters. The Kier molecular flexibility index (Phi) is 6.42. The number of hydrogen-bond donors (Lipinski definition) is 0. The lowest BCUT2D eigenvalue weighted by atomic mass is 10.2. The van der Waals surface area contributed by atoms with Gasteiger partial charge in [-0.1, -0.05) is 30.4 Å². The molecule has 0 fully saturated rings. The normalized spacial score (nSPS) is 15.3. The van der Waals surface area contributed by atoms with Crippen LogP contribution in [0.15, 0.2) is 48.5 Å². The summed E-state index contributed by atoms with van der Waals surface area (Å²) >= 11 is 0. The monoisotopic (exact) mass is 383 g/mol. The van der Waals surface area contributed by atoms with Gasteiger partial charge in [0, 0.05) is 7.05 Å². The minimum Gasteiger partial charge on any atom is -0.493 e. The Labute approximate surface area is 165 Å². The van der Waals surface area contributed by atoms with E-state index >= 15 is 0 Å². The third-order valence-corrected chi connectivity index (χ3v) is 4.37. The van der Waals surface area contributed by atoms with Crippen molar-refractivity contribution >= 4 is 12.0 Å². The fourth-order valence-corrected chi connectivity index (χ4v) is 2.91. The molecule has 6 heteroatoms. The molecular formula is C22H25NO5. The topological polar surface area (TPSA) is 57.2 Å². The van der Waals surface area contributed by atoms with Crippen molar-refractivity contribution in [2.75, 3.05) is 33.9 Å². The molecular weight excluding hydrogens is 358 g/mol. The standard InChI is InChI=1S/C22H25NO5/c1-4-7-16-10-11-19(21(12-16)25-3)27-15-22(24)23(2)13-17-14-26-18-8-5-6-9-20(18)28-17/h4-12,17H,13-15H2,1-3H3/b7-4+/t17-/m1/s1. The zero-order valence-corrected chi connectivity index (χ0v) is 16.4. The van der Waals surface area contributed by atoms with Crippen LogP contribution < -0.4 is 18.9 Å². The van der Waals surface area contributed by atoms with Gasteiger partial charge in [-0.05, 0) is 36.8 Å². The van der Waals surface area contributed by atoms with E-state index in [0.29, 0.717) is 30.4 Å². The zero-order chi connectivity index (χ0) is 19.9. The predicted molar refractivity (Wildman–Crippen MR) is 107 cm³/mol. The molecule has 0 unspecified atom stereocenters. The number of amides is 1. The maximum atomic E-state index is 12.5. The Morgan fingerprint density at radius 3 is 2.75 bits per heavy atom. The number of fused-ring (bicyclic) bond motifs is 1. The number of ether oxygens (including phenoxy) is 4. The molecule has 1 aliphatic rings. The smallest absolute Gasteiger partial charge is 0.260 e. The number of allylic oxidation sites excluding steroid dienone is 1. The van der Waals surface area contributed by atoms with Crippen LogP contribution in [0.4, 0.5) is 0 Å². The highest BCUT2D eigenvalue weighted by Crippen LogP contribution is 2.31. The van der Waals surface area contributed by atoms with Gasteiger partial charge < -0.3 is 23.8 Å². The van der Waals surface area contributed by atoms with Crippen LogP contribution in [0.1, 0.15) is 12.5 Å². The first-order chi connectivity index (χ1) is 13.6. The molecule has 28 heavy (non-hydrogen) atoms. The van der Waals surface area contributed by atoms with E-state index in [2.05, 4.69) is 0 Å². The van der Waals surface area contributed by atoms with Gasteiger partial charge in [0.1, 0.15) is 6.61 Å². The van der Waals surface area contributed by atoms with Crippen LogP contribution in [0, 0.1) is 0 Å². The second-order valence-corrected chi connectivity index (χ2v) is 6.47. The Bertz CT molecular complexity index is 849. The molecule has 0 radical (unpaired) electrons. The van der Waals surface area contributed by atoms with Crippen molar-refractivity contribution in [2.45, 2.75) is 13.0 Å². The Balaban J connectivity index is 1.54. The highest BCUT2D eigenvalue weighted by Gasteiger charge is 2.24. The molecule has 6 nitrogen and oxygen atoms in total. The molecule has 0 aromatic heterocycles. The average molecular weight is 383 g/mol. The predicted octanol–water partition coefficient (Wildman–Crippen LogP) is 3.41. The fraction of sp³-hybridized carbons (Fsp3) is 0.318. The fourth-order valence-electron chi connectivity index (χ4n) is 2.91. The number of carbonyl (C=O) groups is 1. The van der Waals surface area contributed by atoms with Gasteiger partial charge in [-0.15, -0.1) is 0 Å². The van der Waals surface area contributed by atoms with E-state index in [1.165, 1.54) is 0 Å². The highest BCUT2D eigenvalue weighted by molar-refractivity contribution is 5.77. The van der Waals surface area contributed by atoms with Crippen LogP contribution in [0.5, 0.6) is 23.0 Å². The summed E-state index contributed by atoms with van der Waals surface area (Å²) in [5.74, 6) is 2.39. The van der Waals surface area contributed by atoms with Crippen molar-refractivity contribution in [3.8, 4) is 23.0 Å². The molecule has 0 bridgehead atoms. The summed E-state index contributed by atoms with van der Waals surface area (Å²) in [7, 11) is 3.30. The van der Waals surface area contributed by atoms with Gasteiger partial charge in [0.25, 0.3) is 5.91 Å². The van der Waals surface area contributed by atoms with Crippen molar-refractivity contribution < 1.29 is 23.7 Å². The van der Waals surface area contributed by atoms with Crippen molar-refractivity contribution in [3.63, 3.8) is 0 Å². The summed E-state index contributed by atoms with van der Waals surface area (Å²) in [6.45, 7) is 2.68. The van der Waals surface area contributed by atoms with E-state index in [1.54, 1.807) is 25.1 Å². The summed E-state index contributed by atoms with van der Waals surface area (Å²) < 4.78 is 22.6. The van der Waals surface area contributed by atoms with Crippen LogP contribution in [0.25, 0.3) is 6.08 Å². The van der Waals surface area contributed by atoms with Crippen LogP contribution in [0.3, 0.4) is 0 Å². The Hall–Kier alpha value is -3.15. The van der Waals surface area contributed by atoms with Gasteiger partial charge in [0.05, 0.1) is 13.7 Å². The van der Waals surface area contributed by atoms with Crippen LogP contribution in [-0.2, 0) is 4.79 Å². The minimum absolute atomic E-state index is 0.0833. The zero-order valence-electron chi connectivity index (χ0n) is 16.4. The lowest BCUT2D eigenvalue weighted by molar-refractivity contribution is -0.133. The van der Waals surface area contributed by atoms with Crippen LogP contribution >= 0.6 is 0 Å². The van der Waals surface area contributed by atoms with E-state index < -0.39 is 0 Å². The van der Waals surface area contributed by atoms with Gasteiger partial charge in [0.2, 0.25) is 0 Å². The molecule has 1 heterocycles. The van der Waals surface area contributed by atoms with Gasteiger partial charge in [-0.2, -0.15) is 0 Å². The number of rotatable bonds is 7. The third kappa shape index (κ3) is 4.76. The SMILES string of the molecule is C/C=C/c1ccc(OCC(=O)N(C)C[C@@H]2COc3ccccc3O2)c(OC)c1. The molecule has 0 N–H and O–H groups in total. The highest BCUT2D eigenvalue weighted by atomic mass is 16.6. The van der Waals surface area contributed by atoms with E-state index in [-0.39, 0.29) is 18.6 Å². The molecule has 0 aliphatic carbocycles. The summed E-state index contributed by atoms with van der Waals surface area (Å²) in [6, 6.07) is 13.1. The van der Waals surface area contributed by atoms with Crippen LogP contribution in [0.2, 0.25) is 0 Å². The van der Waals surface area contributed by atoms with Gasteiger partial charge in [-0.25, -0.2) is 0 Å². The number of benzene rings is 2. The Morgan fingerprint density at radius 2 is 2.00 bits per heavy atom. The molecule has 148 valence electrons. The van der Waals surface area contributed by atoms with Gasteiger partial charge in [0.15, 0.2) is 35.7 Å². The number of methoxy groups -OCH3 is 1. The molecule has 0 saturated heterocycles.